The van der Waals surface area contributed by atoms with Gasteiger partial charge < -0.3 is 15.6 Å². The van der Waals surface area contributed by atoms with E-state index in [4.69, 9.17) is 5.73 Å². The minimum absolute atomic E-state index is 0.0485. The van der Waals surface area contributed by atoms with Crippen LogP contribution in [0.2, 0.25) is 0 Å². The van der Waals surface area contributed by atoms with Gasteiger partial charge in [0.1, 0.15) is 5.56 Å². The molecule has 134 valence electrons. The van der Waals surface area contributed by atoms with Crippen molar-refractivity contribution < 1.29 is 4.79 Å². The number of pyridine rings is 1. The molecule has 5 heteroatoms. The summed E-state index contributed by atoms with van der Waals surface area (Å²) in [5.74, 6) is -0.140. The predicted molar refractivity (Wildman–Crippen MR) is 101 cm³/mol. The van der Waals surface area contributed by atoms with E-state index in [9.17, 15) is 9.59 Å². The highest BCUT2D eigenvalue weighted by Crippen LogP contribution is 2.30. The van der Waals surface area contributed by atoms with E-state index >= 15 is 0 Å². The molecule has 0 unspecified atom stereocenters. The molecule has 0 atom stereocenters. The van der Waals surface area contributed by atoms with E-state index in [1.807, 2.05) is 39.0 Å². The van der Waals surface area contributed by atoms with Crippen molar-refractivity contribution in [1.29, 1.82) is 0 Å². The van der Waals surface area contributed by atoms with Crippen LogP contribution in [0.25, 0.3) is 10.9 Å². The van der Waals surface area contributed by atoms with Gasteiger partial charge in [0, 0.05) is 11.9 Å². The number of hydrogen-bond donors (Lipinski definition) is 2. The number of benzene rings is 1. The van der Waals surface area contributed by atoms with Gasteiger partial charge in [-0.15, -0.1) is 0 Å². The van der Waals surface area contributed by atoms with Gasteiger partial charge in [-0.1, -0.05) is 26.0 Å². The molecule has 25 heavy (non-hydrogen) atoms. The van der Waals surface area contributed by atoms with E-state index < -0.39 is 5.91 Å². The van der Waals surface area contributed by atoms with Gasteiger partial charge in [-0.25, -0.2) is 0 Å². The van der Waals surface area contributed by atoms with Crippen LogP contribution < -0.4 is 16.6 Å². The summed E-state index contributed by atoms with van der Waals surface area (Å²) in [6, 6.07) is 5.99. The van der Waals surface area contributed by atoms with Crippen LogP contribution in [0.5, 0.6) is 0 Å². The highest BCUT2D eigenvalue weighted by molar-refractivity contribution is 6.00. The normalized spacial score (nSPS) is 15.8. The number of nitrogens with one attached hydrogen (secondary N) is 1. The molecule has 2 heterocycles. The Morgan fingerprint density at radius 2 is 2.00 bits per heavy atom. The number of carbonyl (C=O) groups excluding carboxylic acids is 1. The van der Waals surface area contributed by atoms with Crippen molar-refractivity contribution in [2.45, 2.75) is 46.1 Å². The average Bonchev–Trinajstić information content (AvgIpc) is 2.57. The summed E-state index contributed by atoms with van der Waals surface area (Å²) in [5.41, 5.74) is 8.32. The highest BCUT2D eigenvalue weighted by atomic mass is 16.2. The molecule has 0 aliphatic carbocycles. The highest BCUT2D eigenvalue weighted by Gasteiger charge is 2.25. The maximum Gasteiger partial charge on any atom is 0.264 e. The molecule has 1 saturated heterocycles. The van der Waals surface area contributed by atoms with Gasteiger partial charge in [0.15, 0.2) is 0 Å². The zero-order valence-corrected chi connectivity index (χ0v) is 15.3. The van der Waals surface area contributed by atoms with Crippen molar-refractivity contribution in [1.82, 2.24) is 9.88 Å². The van der Waals surface area contributed by atoms with Gasteiger partial charge in [-0.2, -0.15) is 0 Å². The monoisotopic (exact) mass is 341 g/mol. The molecular weight excluding hydrogens is 314 g/mol. The molecular formula is C20H27N3O2. The van der Waals surface area contributed by atoms with Crippen molar-refractivity contribution in [2.75, 3.05) is 13.1 Å². The summed E-state index contributed by atoms with van der Waals surface area (Å²) in [4.78, 5) is 25.3. The van der Waals surface area contributed by atoms with Crippen LogP contribution in [0, 0.1) is 12.8 Å². The summed E-state index contributed by atoms with van der Waals surface area (Å²) >= 11 is 0. The molecule has 2 aromatic rings. The number of nitrogens with two attached hydrogens (primary N) is 1. The van der Waals surface area contributed by atoms with Crippen LogP contribution in [0.1, 0.15) is 54.1 Å². The summed E-state index contributed by atoms with van der Waals surface area (Å²) in [7, 11) is 0. The number of fused-ring (bicyclic) bond motifs is 1. The topological polar surface area (TPSA) is 77.1 Å². The molecule has 0 saturated carbocycles. The Morgan fingerprint density at radius 1 is 1.32 bits per heavy atom. The molecule has 0 spiro atoms. The van der Waals surface area contributed by atoms with Crippen LogP contribution >= 0.6 is 0 Å². The fourth-order valence-corrected chi connectivity index (χ4v) is 4.03. The molecule has 1 amide bonds. The minimum Gasteiger partial charge on any atom is -0.365 e. The van der Waals surface area contributed by atoms with E-state index in [1.165, 1.54) is 0 Å². The van der Waals surface area contributed by atoms with E-state index in [2.05, 4.69) is 5.32 Å². The van der Waals surface area contributed by atoms with Gasteiger partial charge in [0.2, 0.25) is 0 Å². The number of carbonyl (C=O) groups is 1. The van der Waals surface area contributed by atoms with Gasteiger partial charge in [0.25, 0.3) is 11.5 Å². The third-order valence-electron chi connectivity index (χ3n) is 5.26. The molecule has 1 fully saturated rings. The van der Waals surface area contributed by atoms with Crippen LogP contribution in [0.15, 0.2) is 23.0 Å². The second kappa shape index (κ2) is 7.00. The third kappa shape index (κ3) is 3.21. The Balaban J connectivity index is 2.31. The Kier molecular flexibility index (Phi) is 4.95. The third-order valence-corrected chi connectivity index (χ3v) is 5.26. The quantitative estimate of drug-likeness (QED) is 0.897. The lowest BCUT2D eigenvalue weighted by Gasteiger charge is -2.26. The largest absolute Gasteiger partial charge is 0.365 e. The molecule has 0 bridgehead atoms. The van der Waals surface area contributed by atoms with Crippen LogP contribution in [-0.2, 0) is 6.54 Å². The number of hydrogen-bond acceptors (Lipinski definition) is 3. The maximum atomic E-state index is 13.2. The summed E-state index contributed by atoms with van der Waals surface area (Å²) in [6.07, 6.45) is 2.08. The zero-order chi connectivity index (χ0) is 18.1. The smallest absolute Gasteiger partial charge is 0.264 e. The predicted octanol–water partition coefficient (Wildman–Crippen LogP) is 2.53. The molecule has 1 aliphatic heterocycles. The molecule has 3 rings (SSSR count). The van der Waals surface area contributed by atoms with Crippen LogP contribution in [-0.4, -0.2) is 23.6 Å². The van der Waals surface area contributed by atoms with Gasteiger partial charge in [-0.05, 0) is 61.9 Å². The first-order chi connectivity index (χ1) is 11.9. The molecule has 1 aromatic heterocycles. The number of nitrogens with zero attached hydrogens (tertiary/aromatic N) is 1. The minimum atomic E-state index is -0.627. The van der Waals surface area contributed by atoms with Crippen molar-refractivity contribution in [3.63, 3.8) is 0 Å². The Hall–Kier alpha value is -2.14. The SMILES string of the molecule is Cc1cccc2c1c(C(C)C)c(C(N)=O)c(=O)n2CC1CCNCC1. The van der Waals surface area contributed by atoms with E-state index in [0.717, 1.165) is 48.0 Å². The van der Waals surface area contributed by atoms with E-state index in [1.54, 1.807) is 4.57 Å². The van der Waals surface area contributed by atoms with Crippen molar-refractivity contribution in [3.8, 4) is 0 Å². The first-order valence-corrected chi connectivity index (χ1v) is 9.08. The standard InChI is InChI=1S/C20H27N3O2/c1-12(2)16-17-13(3)5-4-6-15(17)23(20(25)18(16)19(21)24)11-14-7-9-22-10-8-14/h4-6,12,14,22H,7-11H2,1-3H3,(H2,21,24). The second-order valence-electron chi connectivity index (χ2n) is 7.39. The zero-order valence-electron chi connectivity index (χ0n) is 15.3. The Labute approximate surface area is 148 Å². The van der Waals surface area contributed by atoms with Gasteiger partial charge >= 0.3 is 0 Å². The number of primary amides is 1. The molecule has 3 N–H and O–H groups in total. The summed E-state index contributed by atoms with van der Waals surface area (Å²) in [5, 5.41) is 4.35. The first-order valence-electron chi connectivity index (χ1n) is 9.08. The lowest BCUT2D eigenvalue weighted by atomic mass is 9.90. The number of aryl methyl sites for hydroxylation is 1. The second-order valence-corrected chi connectivity index (χ2v) is 7.39. The summed E-state index contributed by atoms with van der Waals surface area (Å²) in [6.45, 7) is 8.62. The van der Waals surface area contributed by atoms with Gasteiger partial charge in [0.05, 0.1) is 5.52 Å². The Bertz CT molecular complexity index is 861. The van der Waals surface area contributed by atoms with Crippen molar-refractivity contribution >= 4 is 16.8 Å². The maximum absolute atomic E-state index is 13.2. The van der Waals surface area contributed by atoms with Crippen molar-refractivity contribution in [2.24, 2.45) is 11.7 Å². The summed E-state index contributed by atoms with van der Waals surface area (Å²) < 4.78 is 1.78. The van der Waals surface area contributed by atoms with Crippen LogP contribution in [0.4, 0.5) is 0 Å². The molecule has 0 radical (unpaired) electrons. The molecule has 5 nitrogen and oxygen atoms in total. The van der Waals surface area contributed by atoms with Crippen LogP contribution in [0.3, 0.4) is 0 Å². The number of amides is 1. The Morgan fingerprint density at radius 3 is 2.60 bits per heavy atom. The molecule has 1 aromatic carbocycles. The lowest BCUT2D eigenvalue weighted by molar-refractivity contribution is 0.0997. The first kappa shape index (κ1) is 17.7. The van der Waals surface area contributed by atoms with E-state index in [0.29, 0.717) is 12.5 Å². The molecule has 1 aliphatic rings. The average molecular weight is 341 g/mol. The number of piperidine rings is 1. The fraction of sp³-hybridized carbons (Fsp3) is 0.500. The lowest BCUT2D eigenvalue weighted by Crippen LogP contribution is -2.36. The fourth-order valence-electron chi connectivity index (χ4n) is 4.03. The van der Waals surface area contributed by atoms with E-state index in [-0.39, 0.29) is 17.0 Å². The van der Waals surface area contributed by atoms with Crippen molar-refractivity contribution in [3.05, 3.63) is 45.2 Å². The number of rotatable bonds is 4. The number of aromatic nitrogens is 1. The van der Waals surface area contributed by atoms with Gasteiger partial charge in [-0.3, -0.25) is 9.59 Å².